The van der Waals surface area contributed by atoms with Gasteiger partial charge in [0.05, 0.1) is 23.5 Å². The third-order valence-corrected chi connectivity index (χ3v) is 4.54. The molecule has 1 aromatic carbocycles. The van der Waals surface area contributed by atoms with Crippen LogP contribution in [0.5, 0.6) is 0 Å². The maximum absolute atomic E-state index is 13.2. The van der Waals surface area contributed by atoms with Crippen LogP contribution in [0.25, 0.3) is 0 Å². The third kappa shape index (κ3) is 4.58. The third-order valence-electron chi connectivity index (χ3n) is 4.54. The molecule has 7 nitrogen and oxygen atoms in total. The van der Waals surface area contributed by atoms with E-state index in [4.69, 9.17) is 4.74 Å². The number of para-hydroxylation sites is 1. The van der Waals surface area contributed by atoms with Crippen LogP contribution >= 0.6 is 0 Å². The second-order valence-electron chi connectivity index (χ2n) is 8.05. The van der Waals surface area contributed by atoms with Crippen molar-refractivity contribution in [1.82, 2.24) is 14.7 Å². The van der Waals surface area contributed by atoms with Gasteiger partial charge in [-0.1, -0.05) is 12.1 Å². The maximum Gasteiger partial charge on any atom is 0.418 e. The van der Waals surface area contributed by atoms with Crippen LogP contribution < -0.4 is 5.32 Å². The predicted molar refractivity (Wildman–Crippen MR) is 103 cm³/mol. The molecule has 2 amide bonds. The molecule has 0 spiro atoms. The lowest BCUT2D eigenvalue weighted by atomic mass is 10.0. The van der Waals surface area contributed by atoms with Gasteiger partial charge in [0, 0.05) is 25.6 Å². The minimum atomic E-state index is -4.61. The second kappa shape index (κ2) is 7.66. The first-order chi connectivity index (χ1) is 13.9. The van der Waals surface area contributed by atoms with Gasteiger partial charge in [-0.05, 0) is 32.9 Å². The van der Waals surface area contributed by atoms with Gasteiger partial charge in [-0.25, -0.2) is 4.79 Å². The number of fused-ring (bicyclic) bond motifs is 1. The Morgan fingerprint density at radius 2 is 1.83 bits per heavy atom. The first-order valence-corrected chi connectivity index (χ1v) is 9.37. The largest absolute Gasteiger partial charge is 0.444 e. The van der Waals surface area contributed by atoms with Gasteiger partial charge in [0.2, 0.25) is 0 Å². The molecule has 0 saturated heterocycles. The average Bonchev–Trinajstić information content (AvgIpc) is 2.94. The number of aryl methyl sites for hydroxylation is 1. The van der Waals surface area contributed by atoms with Crippen molar-refractivity contribution in [3.8, 4) is 0 Å². The van der Waals surface area contributed by atoms with Crippen LogP contribution in [-0.2, 0) is 30.9 Å². The Labute approximate surface area is 171 Å². The fourth-order valence-electron chi connectivity index (χ4n) is 3.29. The number of nitrogens with one attached hydrogen (secondary N) is 1. The van der Waals surface area contributed by atoms with E-state index in [-0.39, 0.29) is 17.9 Å². The highest BCUT2D eigenvalue weighted by atomic mass is 19.4. The molecule has 1 aliphatic rings. The lowest BCUT2D eigenvalue weighted by Crippen LogP contribution is -2.40. The number of rotatable bonds is 2. The SMILES string of the molecule is Cn1nc2c(c1C(=O)Nc1ccccc1C(F)(F)F)CN(C(=O)OC(C)(C)C)CC2. The number of amides is 2. The van der Waals surface area contributed by atoms with Crippen LogP contribution in [0.4, 0.5) is 23.7 Å². The maximum atomic E-state index is 13.2. The first kappa shape index (κ1) is 21.7. The van der Waals surface area contributed by atoms with Crippen molar-refractivity contribution in [1.29, 1.82) is 0 Å². The van der Waals surface area contributed by atoms with Crippen molar-refractivity contribution in [2.45, 2.75) is 45.5 Å². The monoisotopic (exact) mass is 424 g/mol. The highest BCUT2D eigenvalue weighted by Gasteiger charge is 2.35. The number of alkyl halides is 3. The Kier molecular flexibility index (Phi) is 5.53. The Balaban J connectivity index is 1.87. The standard InChI is InChI=1S/C20H23F3N4O3/c1-19(2,3)30-18(29)27-10-9-14-12(11-27)16(26(4)25-14)17(28)24-15-8-6-5-7-13(15)20(21,22)23/h5-8H,9-11H2,1-4H3,(H,24,28). The van der Waals surface area contributed by atoms with Crippen molar-refractivity contribution in [2.75, 3.05) is 11.9 Å². The molecule has 30 heavy (non-hydrogen) atoms. The number of ether oxygens (including phenoxy) is 1. The number of benzene rings is 1. The normalized spacial score (nSPS) is 14.3. The summed E-state index contributed by atoms with van der Waals surface area (Å²) < 4.78 is 46.4. The number of carbonyl (C=O) groups excluding carboxylic acids is 2. The van der Waals surface area contributed by atoms with Crippen LogP contribution in [-0.4, -0.2) is 38.8 Å². The van der Waals surface area contributed by atoms with E-state index >= 15 is 0 Å². The zero-order valence-corrected chi connectivity index (χ0v) is 17.1. The van der Waals surface area contributed by atoms with Gasteiger partial charge in [0.25, 0.3) is 5.91 Å². The van der Waals surface area contributed by atoms with Crippen molar-refractivity contribution in [3.63, 3.8) is 0 Å². The number of hydrogen-bond donors (Lipinski definition) is 1. The Hall–Kier alpha value is -3.04. The number of hydrogen-bond acceptors (Lipinski definition) is 4. The van der Waals surface area contributed by atoms with Crippen LogP contribution in [0.1, 0.15) is 48.1 Å². The summed E-state index contributed by atoms with van der Waals surface area (Å²) in [4.78, 5) is 26.7. The van der Waals surface area contributed by atoms with Gasteiger partial charge < -0.3 is 15.0 Å². The topological polar surface area (TPSA) is 76.5 Å². The van der Waals surface area contributed by atoms with Crippen molar-refractivity contribution < 1.29 is 27.5 Å². The molecule has 0 atom stereocenters. The van der Waals surface area contributed by atoms with Crippen molar-refractivity contribution in [2.24, 2.45) is 7.05 Å². The minimum Gasteiger partial charge on any atom is -0.444 e. The molecule has 3 rings (SSSR count). The zero-order valence-electron chi connectivity index (χ0n) is 17.1. The van der Waals surface area contributed by atoms with Gasteiger partial charge in [0.1, 0.15) is 11.3 Å². The van der Waals surface area contributed by atoms with Crippen LogP contribution in [0, 0.1) is 0 Å². The zero-order chi connectivity index (χ0) is 22.3. The Bertz CT molecular complexity index is 977. The molecular formula is C20H23F3N4O3. The molecule has 0 fully saturated rings. The summed E-state index contributed by atoms with van der Waals surface area (Å²) in [7, 11) is 1.54. The van der Waals surface area contributed by atoms with Gasteiger partial charge in [0.15, 0.2) is 0 Å². The molecule has 162 valence electrons. The summed E-state index contributed by atoms with van der Waals surface area (Å²) in [6.07, 6.45) is -4.72. The number of anilines is 1. The quantitative estimate of drug-likeness (QED) is 0.791. The van der Waals surface area contributed by atoms with Crippen LogP contribution in [0.2, 0.25) is 0 Å². The number of halogens is 3. The van der Waals surface area contributed by atoms with E-state index in [1.807, 2.05) is 0 Å². The lowest BCUT2D eigenvalue weighted by molar-refractivity contribution is -0.136. The summed E-state index contributed by atoms with van der Waals surface area (Å²) in [6.45, 7) is 5.71. The molecule has 0 bridgehead atoms. The molecule has 2 aromatic rings. The molecule has 0 saturated carbocycles. The highest BCUT2D eigenvalue weighted by Crippen LogP contribution is 2.35. The van der Waals surface area contributed by atoms with Crippen molar-refractivity contribution in [3.05, 3.63) is 46.8 Å². The fraction of sp³-hybridized carbons (Fsp3) is 0.450. The van der Waals surface area contributed by atoms with Gasteiger partial charge in [-0.3, -0.25) is 9.48 Å². The van der Waals surface area contributed by atoms with Crippen LogP contribution in [0.3, 0.4) is 0 Å². The van der Waals surface area contributed by atoms with Gasteiger partial charge >= 0.3 is 12.3 Å². The smallest absolute Gasteiger partial charge is 0.418 e. The molecule has 0 radical (unpaired) electrons. The second-order valence-corrected chi connectivity index (χ2v) is 8.05. The summed E-state index contributed by atoms with van der Waals surface area (Å²) in [5.74, 6) is -0.728. The summed E-state index contributed by atoms with van der Waals surface area (Å²) in [5.41, 5.74) is -0.721. The first-order valence-electron chi connectivity index (χ1n) is 9.37. The molecule has 1 aliphatic heterocycles. The molecular weight excluding hydrogens is 401 g/mol. The fourth-order valence-corrected chi connectivity index (χ4v) is 3.29. The Morgan fingerprint density at radius 1 is 1.17 bits per heavy atom. The van der Waals surface area contributed by atoms with E-state index in [1.54, 1.807) is 27.8 Å². The number of aromatic nitrogens is 2. The summed E-state index contributed by atoms with van der Waals surface area (Å²) >= 11 is 0. The molecule has 10 heteroatoms. The summed E-state index contributed by atoms with van der Waals surface area (Å²) in [6, 6.07) is 4.76. The van der Waals surface area contributed by atoms with Gasteiger partial charge in [-0.15, -0.1) is 0 Å². The molecule has 2 heterocycles. The van der Waals surface area contributed by atoms with Gasteiger partial charge in [-0.2, -0.15) is 18.3 Å². The predicted octanol–water partition coefficient (Wildman–Crippen LogP) is 3.98. The van der Waals surface area contributed by atoms with E-state index in [0.29, 0.717) is 24.2 Å². The molecule has 0 unspecified atom stereocenters. The number of carbonyl (C=O) groups is 2. The van der Waals surface area contributed by atoms with Crippen molar-refractivity contribution >= 4 is 17.7 Å². The molecule has 1 aromatic heterocycles. The molecule has 1 N–H and O–H groups in total. The molecule has 0 aliphatic carbocycles. The van der Waals surface area contributed by atoms with E-state index in [1.165, 1.54) is 27.8 Å². The van der Waals surface area contributed by atoms with E-state index in [9.17, 15) is 22.8 Å². The van der Waals surface area contributed by atoms with E-state index < -0.39 is 29.3 Å². The number of nitrogens with zero attached hydrogens (tertiary/aromatic N) is 3. The lowest BCUT2D eigenvalue weighted by Gasteiger charge is -2.29. The highest BCUT2D eigenvalue weighted by molar-refractivity contribution is 6.04. The minimum absolute atomic E-state index is 0.0851. The van der Waals surface area contributed by atoms with Crippen LogP contribution in [0.15, 0.2) is 24.3 Å². The average molecular weight is 424 g/mol. The summed E-state index contributed by atoms with van der Waals surface area (Å²) in [5, 5.41) is 6.65. The van der Waals surface area contributed by atoms with E-state index in [2.05, 4.69) is 10.4 Å². The Morgan fingerprint density at radius 3 is 2.47 bits per heavy atom. The van der Waals surface area contributed by atoms with E-state index in [0.717, 1.165) is 6.07 Å².